The second kappa shape index (κ2) is 9.56. The topological polar surface area (TPSA) is 73.9 Å². The van der Waals surface area contributed by atoms with Crippen molar-refractivity contribution >= 4 is 11.0 Å². The highest BCUT2D eigenvalue weighted by molar-refractivity contribution is 5.85. The van der Waals surface area contributed by atoms with Gasteiger partial charge in [0.1, 0.15) is 30.0 Å². The van der Waals surface area contributed by atoms with E-state index < -0.39 is 0 Å². The summed E-state index contributed by atoms with van der Waals surface area (Å²) < 4.78 is 19.3. The Hall–Kier alpha value is -3.84. The average Bonchev–Trinajstić information content (AvgIpc) is 2.91. The minimum Gasteiger partial charge on any atom is -0.497 e. The van der Waals surface area contributed by atoms with E-state index in [1.807, 2.05) is 47.9 Å². The van der Waals surface area contributed by atoms with Crippen molar-refractivity contribution in [3.63, 3.8) is 0 Å². The van der Waals surface area contributed by atoms with Gasteiger partial charge in [0.15, 0.2) is 0 Å². The quantitative estimate of drug-likeness (QED) is 0.391. The van der Waals surface area contributed by atoms with E-state index in [0.29, 0.717) is 35.0 Å². The molecule has 2 aliphatic heterocycles. The van der Waals surface area contributed by atoms with E-state index in [1.165, 1.54) is 6.26 Å². The molecule has 2 unspecified atom stereocenters. The molecule has 6 rings (SSSR count). The van der Waals surface area contributed by atoms with Crippen molar-refractivity contribution in [2.24, 2.45) is 5.92 Å². The van der Waals surface area contributed by atoms with Crippen LogP contribution >= 0.6 is 0 Å². The van der Waals surface area contributed by atoms with Crippen LogP contribution in [0.5, 0.6) is 11.5 Å². The molecule has 0 amide bonds. The number of hydrogen-bond donors (Lipinski definition) is 0. The fourth-order valence-corrected chi connectivity index (χ4v) is 5.91. The first-order chi connectivity index (χ1) is 18.0. The molecule has 2 atom stereocenters. The zero-order valence-corrected chi connectivity index (χ0v) is 21.1. The van der Waals surface area contributed by atoms with E-state index in [9.17, 15) is 9.59 Å². The summed E-state index contributed by atoms with van der Waals surface area (Å²) in [7, 11) is 1.61. The third-order valence-corrected chi connectivity index (χ3v) is 7.76. The molecule has 1 saturated heterocycles. The number of nitrogens with zero attached hydrogens (tertiary/aromatic N) is 2. The molecule has 37 heavy (non-hydrogen) atoms. The Bertz CT molecular complexity index is 1570. The molecule has 0 aliphatic carbocycles. The summed E-state index contributed by atoms with van der Waals surface area (Å²) in [6, 6.07) is 16.6. The highest BCUT2D eigenvalue weighted by Gasteiger charge is 2.34. The molecule has 4 aromatic rings. The van der Waals surface area contributed by atoms with Crippen LogP contribution in [0, 0.1) is 12.8 Å². The van der Waals surface area contributed by atoms with Gasteiger partial charge in [-0.25, -0.2) is 0 Å². The van der Waals surface area contributed by atoms with Gasteiger partial charge in [-0.05, 0) is 55.2 Å². The molecule has 1 fully saturated rings. The van der Waals surface area contributed by atoms with Crippen LogP contribution in [0.15, 0.2) is 74.9 Å². The number of pyridine rings is 1. The van der Waals surface area contributed by atoms with Crippen molar-refractivity contribution in [3.8, 4) is 22.6 Å². The van der Waals surface area contributed by atoms with E-state index in [4.69, 9.17) is 13.9 Å². The van der Waals surface area contributed by atoms with E-state index in [2.05, 4.69) is 11.0 Å². The van der Waals surface area contributed by atoms with Crippen LogP contribution in [0.2, 0.25) is 0 Å². The molecule has 2 bridgehead atoms. The van der Waals surface area contributed by atoms with Gasteiger partial charge in [-0.15, -0.1) is 0 Å². The van der Waals surface area contributed by atoms with Crippen molar-refractivity contribution in [1.29, 1.82) is 0 Å². The number of benzene rings is 2. The Labute approximate surface area is 214 Å². The number of fused-ring (bicyclic) bond motifs is 5. The second-order valence-electron chi connectivity index (χ2n) is 10.1. The van der Waals surface area contributed by atoms with Gasteiger partial charge in [-0.3, -0.25) is 14.5 Å². The number of aryl methyl sites for hydroxylation is 1. The molecule has 190 valence electrons. The minimum atomic E-state index is -0.0692. The normalized spacial score (nSPS) is 19.0. The summed E-state index contributed by atoms with van der Waals surface area (Å²) in [5.74, 6) is 2.34. The van der Waals surface area contributed by atoms with Crippen molar-refractivity contribution in [2.45, 2.75) is 25.8 Å². The molecule has 2 aliphatic rings. The molecule has 2 aromatic heterocycles. The van der Waals surface area contributed by atoms with Crippen molar-refractivity contribution in [3.05, 3.63) is 92.7 Å². The summed E-state index contributed by atoms with van der Waals surface area (Å²) in [6.07, 6.45) is 2.67. The lowest BCUT2D eigenvalue weighted by Crippen LogP contribution is -2.48. The van der Waals surface area contributed by atoms with Gasteiger partial charge in [-0.1, -0.05) is 18.2 Å². The predicted octanol–water partition coefficient (Wildman–Crippen LogP) is 4.44. The summed E-state index contributed by atoms with van der Waals surface area (Å²) in [6.45, 7) is 5.98. The van der Waals surface area contributed by atoms with Gasteiger partial charge < -0.3 is 18.5 Å². The highest BCUT2D eigenvalue weighted by atomic mass is 16.5. The van der Waals surface area contributed by atoms with Crippen molar-refractivity contribution in [1.82, 2.24) is 9.47 Å². The highest BCUT2D eigenvalue weighted by Crippen LogP contribution is 2.35. The van der Waals surface area contributed by atoms with Crippen LogP contribution in [-0.4, -0.2) is 42.8 Å². The number of rotatable bonds is 6. The SMILES string of the molecule is COc1ccc(-c2coc3c(C)c(OCCN4CC5CC(C4)c4cccc(=O)n4C5)ccc3c2=O)cc1. The third-order valence-electron chi connectivity index (χ3n) is 7.76. The molecule has 0 radical (unpaired) electrons. The maximum absolute atomic E-state index is 13.2. The summed E-state index contributed by atoms with van der Waals surface area (Å²) >= 11 is 0. The van der Waals surface area contributed by atoms with E-state index >= 15 is 0 Å². The Morgan fingerprint density at radius 2 is 1.84 bits per heavy atom. The van der Waals surface area contributed by atoms with Crippen molar-refractivity contribution < 1.29 is 13.9 Å². The fraction of sp³-hybridized carbons (Fsp3) is 0.333. The number of piperidine rings is 1. The van der Waals surface area contributed by atoms with Gasteiger partial charge in [0.05, 0.1) is 18.1 Å². The van der Waals surface area contributed by atoms with Crippen LogP contribution in [0.4, 0.5) is 0 Å². The first-order valence-electron chi connectivity index (χ1n) is 12.8. The van der Waals surface area contributed by atoms with Gasteiger partial charge >= 0.3 is 0 Å². The van der Waals surface area contributed by atoms with Gasteiger partial charge in [0.25, 0.3) is 5.56 Å². The Morgan fingerprint density at radius 1 is 1.00 bits per heavy atom. The van der Waals surface area contributed by atoms with Crippen molar-refractivity contribution in [2.75, 3.05) is 33.4 Å². The van der Waals surface area contributed by atoms with E-state index in [0.717, 1.165) is 60.9 Å². The number of likely N-dealkylation sites (tertiary alicyclic amines) is 1. The fourth-order valence-electron chi connectivity index (χ4n) is 5.91. The third kappa shape index (κ3) is 4.33. The average molecular weight is 499 g/mol. The second-order valence-corrected chi connectivity index (χ2v) is 10.1. The molecule has 2 aromatic carbocycles. The van der Waals surface area contributed by atoms with Crippen LogP contribution in [-0.2, 0) is 6.54 Å². The first-order valence-corrected chi connectivity index (χ1v) is 12.8. The minimum absolute atomic E-state index is 0.0692. The predicted molar refractivity (Wildman–Crippen MR) is 143 cm³/mol. The largest absolute Gasteiger partial charge is 0.497 e. The number of methoxy groups -OCH3 is 1. The lowest BCUT2D eigenvalue weighted by molar-refractivity contribution is 0.104. The Kier molecular flexibility index (Phi) is 6.08. The molecule has 7 nitrogen and oxygen atoms in total. The van der Waals surface area contributed by atoms with Gasteiger partial charge in [-0.2, -0.15) is 0 Å². The Morgan fingerprint density at radius 3 is 2.65 bits per heavy atom. The molecule has 0 spiro atoms. The zero-order valence-electron chi connectivity index (χ0n) is 21.1. The lowest BCUT2D eigenvalue weighted by Gasteiger charge is -2.42. The zero-order chi connectivity index (χ0) is 25.5. The van der Waals surface area contributed by atoms with Gasteiger partial charge in [0.2, 0.25) is 5.43 Å². The Balaban J connectivity index is 1.15. The molecule has 0 saturated carbocycles. The van der Waals surface area contributed by atoms with Crippen LogP contribution in [0.25, 0.3) is 22.1 Å². The maximum Gasteiger partial charge on any atom is 0.250 e. The standard InChI is InChI=1S/C30H30N2O5/c1-19-27(11-10-24-29(34)25(18-37-30(19)24)21-6-8-23(35-2)9-7-21)36-13-12-31-15-20-14-22(17-31)26-4-3-5-28(33)32(26)16-20/h3-11,18,20,22H,12-17H2,1-2H3. The summed E-state index contributed by atoms with van der Waals surface area (Å²) in [4.78, 5) is 27.9. The summed E-state index contributed by atoms with van der Waals surface area (Å²) in [5.41, 5.74) is 3.87. The number of ether oxygens (including phenoxy) is 2. The van der Waals surface area contributed by atoms with Crippen LogP contribution in [0.3, 0.4) is 0 Å². The monoisotopic (exact) mass is 498 g/mol. The smallest absolute Gasteiger partial charge is 0.250 e. The number of hydrogen-bond acceptors (Lipinski definition) is 6. The molecule has 7 heteroatoms. The molecule has 0 N–H and O–H groups in total. The maximum atomic E-state index is 13.2. The lowest BCUT2D eigenvalue weighted by atomic mass is 9.83. The van der Waals surface area contributed by atoms with E-state index in [1.54, 1.807) is 19.2 Å². The number of aromatic nitrogens is 1. The molecular formula is C30H30N2O5. The van der Waals surface area contributed by atoms with Crippen LogP contribution in [0.1, 0.15) is 23.6 Å². The first kappa shape index (κ1) is 23.6. The van der Waals surface area contributed by atoms with Crippen LogP contribution < -0.4 is 20.5 Å². The summed E-state index contributed by atoms with van der Waals surface area (Å²) in [5, 5.41) is 0.538. The van der Waals surface area contributed by atoms with Gasteiger partial charge in [0, 0.05) is 49.4 Å². The van der Waals surface area contributed by atoms with E-state index in [-0.39, 0.29) is 11.0 Å². The molecule has 4 heterocycles. The molecular weight excluding hydrogens is 468 g/mol.